The van der Waals surface area contributed by atoms with Gasteiger partial charge in [0.2, 0.25) is 0 Å². The maximum absolute atomic E-state index is 14.0. The van der Waals surface area contributed by atoms with Gasteiger partial charge in [-0.3, -0.25) is 0 Å². The average molecular weight is 282 g/mol. The number of carbonyl (C=O) groups is 1. The molecule has 1 aromatic rings. The Morgan fingerprint density at radius 1 is 1.30 bits per heavy atom. The lowest BCUT2D eigenvalue weighted by atomic mass is 10.1. The number of nitrogens with zero attached hydrogens (tertiary/aromatic N) is 3. The van der Waals surface area contributed by atoms with Crippen molar-refractivity contribution < 1.29 is 19.5 Å². The highest BCUT2D eigenvalue weighted by atomic mass is 19.1. The van der Waals surface area contributed by atoms with Crippen molar-refractivity contribution in [1.82, 2.24) is 4.90 Å². The fourth-order valence-electron chi connectivity index (χ4n) is 2.12. The standard InChI is InChI=1S/C12H15FN4O3/c13-9-7-8(11(14)15-20)1-2-10(9)16-3-5-17(6-4-16)12(18)19/h1-2,7,20H,3-6H2,(H2,14,15)(H,18,19). The molecule has 0 bridgehead atoms. The number of amidine groups is 1. The van der Waals surface area contributed by atoms with Crippen molar-refractivity contribution in [1.29, 1.82) is 0 Å². The molecule has 0 saturated carbocycles. The van der Waals surface area contributed by atoms with E-state index in [9.17, 15) is 9.18 Å². The molecular formula is C12H15FN4O3. The molecule has 1 saturated heterocycles. The third-order valence-corrected chi connectivity index (χ3v) is 3.24. The summed E-state index contributed by atoms with van der Waals surface area (Å²) in [5, 5.41) is 20.2. The second-order valence-corrected chi connectivity index (χ2v) is 4.41. The third kappa shape index (κ3) is 2.73. The van der Waals surface area contributed by atoms with Crippen molar-refractivity contribution in [2.24, 2.45) is 10.9 Å². The minimum atomic E-state index is -0.965. The smallest absolute Gasteiger partial charge is 0.407 e. The highest BCUT2D eigenvalue weighted by Gasteiger charge is 2.22. The molecule has 1 fully saturated rings. The van der Waals surface area contributed by atoms with Crippen LogP contribution >= 0.6 is 0 Å². The predicted octanol–water partition coefficient (Wildman–Crippen LogP) is 0.720. The fourth-order valence-corrected chi connectivity index (χ4v) is 2.12. The number of benzene rings is 1. The van der Waals surface area contributed by atoms with E-state index in [1.54, 1.807) is 17.0 Å². The van der Waals surface area contributed by atoms with E-state index in [1.807, 2.05) is 0 Å². The Kier molecular flexibility index (Phi) is 3.92. The van der Waals surface area contributed by atoms with Crippen molar-refractivity contribution in [3.63, 3.8) is 0 Å². The molecule has 1 amide bonds. The SMILES string of the molecule is NC(=NO)c1ccc(N2CCN(C(=O)O)CC2)c(F)c1. The number of carboxylic acid groups (broad SMARTS) is 1. The Morgan fingerprint density at radius 2 is 1.95 bits per heavy atom. The first-order chi connectivity index (χ1) is 9.52. The number of oxime groups is 1. The summed E-state index contributed by atoms with van der Waals surface area (Å²) in [5.74, 6) is -0.649. The molecule has 0 spiro atoms. The van der Waals surface area contributed by atoms with Crippen molar-refractivity contribution >= 4 is 17.6 Å². The summed E-state index contributed by atoms with van der Waals surface area (Å²) < 4.78 is 14.0. The number of halogens is 1. The lowest BCUT2D eigenvalue weighted by Crippen LogP contribution is -2.48. The summed E-state index contributed by atoms with van der Waals surface area (Å²) >= 11 is 0. The van der Waals surface area contributed by atoms with Gasteiger partial charge < -0.3 is 25.8 Å². The molecule has 0 unspecified atom stereocenters. The number of nitrogens with two attached hydrogens (primary N) is 1. The lowest BCUT2D eigenvalue weighted by molar-refractivity contribution is 0.142. The molecule has 8 heteroatoms. The van der Waals surface area contributed by atoms with E-state index < -0.39 is 11.9 Å². The fraction of sp³-hybridized carbons (Fsp3) is 0.333. The van der Waals surface area contributed by atoms with Crippen LogP contribution in [0.3, 0.4) is 0 Å². The van der Waals surface area contributed by atoms with Crippen molar-refractivity contribution in [3.8, 4) is 0 Å². The van der Waals surface area contributed by atoms with E-state index in [4.69, 9.17) is 16.0 Å². The molecule has 0 atom stereocenters. The Morgan fingerprint density at radius 3 is 2.45 bits per heavy atom. The van der Waals surface area contributed by atoms with E-state index in [0.717, 1.165) is 0 Å². The van der Waals surface area contributed by atoms with Crippen LogP contribution in [-0.2, 0) is 0 Å². The zero-order valence-electron chi connectivity index (χ0n) is 10.7. The number of piperazine rings is 1. The van der Waals surface area contributed by atoms with Gasteiger partial charge in [-0.25, -0.2) is 9.18 Å². The van der Waals surface area contributed by atoms with Crippen LogP contribution in [0.5, 0.6) is 0 Å². The Balaban J connectivity index is 2.13. The van der Waals surface area contributed by atoms with Crippen LogP contribution in [-0.4, -0.2) is 53.3 Å². The van der Waals surface area contributed by atoms with Crippen molar-refractivity contribution in [2.45, 2.75) is 0 Å². The minimum absolute atomic E-state index is 0.161. The van der Waals surface area contributed by atoms with Gasteiger partial charge in [-0.2, -0.15) is 0 Å². The molecule has 108 valence electrons. The van der Waals surface area contributed by atoms with Gasteiger partial charge in [0.1, 0.15) is 5.82 Å². The molecule has 20 heavy (non-hydrogen) atoms. The van der Waals surface area contributed by atoms with Crippen LogP contribution in [0.1, 0.15) is 5.56 Å². The van der Waals surface area contributed by atoms with Crippen LogP contribution in [0.15, 0.2) is 23.4 Å². The second kappa shape index (κ2) is 5.64. The van der Waals surface area contributed by atoms with Crippen LogP contribution in [0.2, 0.25) is 0 Å². The minimum Gasteiger partial charge on any atom is -0.465 e. The van der Waals surface area contributed by atoms with Gasteiger partial charge in [-0.1, -0.05) is 5.16 Å². The molecule has 0 aromatic heterocycles. The van der Waals surface area contributed by atoms with Crippen molar-refractivity contribution in [2.75, 3.05) is 31.1 Å². The first kappa shape index (κ1) is 13.9. The van der Waals surface area contributed by atoms with E-state index in [1.165, 1.54) is 11.0 Å². The van der Waals surface area contributed by atoms with E-state index in [0.29, 0.717) is 31.9 Å². The summed E-state index contributed by atoms with van der Waals surface area (Å²) in [6, 6.07) is 4.28. The van der Waals surface area contributed by atoms with E-state index in [-0.39, 0.29) is 11.4 Å². The topological polar surface area (TPSA) is 102 Å². The highest BCUT2D eigenvalue weighted by molar-refractivity contribution is 5.97. The molecule has 0 aliphatic carbocycles. The summed E-state index contributed by atoms with van der Waals surface area (Å²) in [6.07, 6.45) is -0.965. The Labute approximate surface area is 114 Å². The van der Waals surface area contributed by atoms with Gasteiger partial charge in [0, 0.05) is 31.7 Å². The molecule has 2 rings (SSSR count). The van der Waals surface area contributed by atoms with Gasteiger partial charge in [0.15, 0.2) is 5.84 Å². The quantitative estimate of drug-likeness (QED) is 0.321. The normalized spacial score (nSPS) is 16.4. The van der Waals surface area contributed by atoms with Gasteiger partial charge in [0.05, 0.1) is 5.69 Å². The maximum Gasteiger partial charge on any atom is 0.407 e. The first-order valence-electron chi connectivity index (χ1n) is 6.03. The third-order valence-electron chi connectivity index (χ3n) is 3.24. The number of amides is 1. The number of hydrogen-bond acceptors (Lipinski definition) is 4. The Bertz CT molecular complexity index is 542. The highest BCUT2D eigenvalue weighted by Crippen LogP contribution is 2.22. The number of rotatable bonds is 2. The summed E-state index contributed by atoms with van der Waals surface area (Å²) in [4.78, 5) is 13.9. The van der Waals surface area contributed by atoms with Gasteiger partial charge >= 0.3 is 6.09 Å². The zero-order chi connectivity index (χ0) is 14.7. The summed E-state index contributed by atoms with van der Waals surface area (Å²) in [6.45, 7) is 1.51. The van der Waals surface area contributed by atoms with Crippen LogP contribution in [0, 0.1) is 5.82 Å². The van der Waals surface area contributed by atoms with E-state index >= 15 is 0 Å². The molecule has 1 aliphatic rings. The number of hydrogen-bond donors (Lipinski definition) is 3. The average Bonchev–Trinajstić information content (AvgIpc) is 2.46. The van der Waals surface area contributed by atoms with E-state index in [2.05, 4.69) is 5.16 Å². The summed E-state index contributed by atoms with van der Waals surface area (Å²) in [7, 11) is 0. The van der Waals surface area contributed by atoms with Gasteiger partial charge in [0.25, 0.3) is 0 Å². The number of anilines is 1. The lowest BCUT2D eigenvalue weighted by Gasteiger charge is -2.34. The Hall–Kier alpha value is -2.51. The summed E-state index contributed by atoms with van der Waals surface area (Å²) in [5.41, 5.74) is 6.06. The van der Waals surface area contributed by atoms with Gasteiger partial charge in [-0.15, -0.1) is 0 Å². The molecule has 1 aromatic carbocycles. The largest absolute Gasteiger partial charge is 0.465 e. The van der Waals surface area contributed by atoms with Crippen LogP contribution in [0.25, 0.3) is 0 Å². The molecule has 1 heterocycles. The van der Waals surface area contributed by atoms with Crippen LogP contribution in [0.4, 0.5) is 14.9 Å². The molecule has 1 aliphatic heterocycles. The second-order valence-electron chi connectivity index (χ2n) is 4.41. The first-order valence-corrected chi connectivity index (χ1v) is 6.03. The van der Waals surface area contributed by atoms with Crippen LogP contribution < -0.4 is 10.6 Å². The molecule has 4 N–H and O–H groups in total. The zero-order valence-corrected chi connectivity index (χ0v) is 10.7. The molecular weight excluding hydrogens is 267 g/mol. The van der Waals surface area contributed by atoms with Crippen molar-refractivity contribution in [3.05, 3.63) is 29.6 Å². The molecule has 0 radical (unpaired) electrons. The van der Waals surface area contributed by atoms with Gasteiger partial charge in [-0.05, 0) is 18.2 Å². The predicted molar refractivity (Wildman–Crippen MR) is 70.7 cm³/mol. The monoisotopic (exact) mass is 282 g/mol. The maximum atomic E-state index is 14.0. The molecule has 7 nitrogen and oxygen atoms in total.